The number of hydrogen-bond donors (Lipinski definition) is 0. The minimum atomic E-state index is -0.162. The van der Waals surface area contributed by atoms with Crippen LogP contribution in [0.4, 0.5) is 17.1 Å². The minimum absolute atomic E-state index is 0.162. The van der Waals surface area contributed by atoms with Gasteiger partial charge in [-0.25, -0.2) is 0 Å². The third-order valence-corrected chi connectivity index (χ3v) is 11.8. The molecule has 0 spiro atoms. The fourth-order valence-corrected chi connectivity index (χ4v) is 9.61. The van der Waals surface area contributed by atoms with Gasteiger partial charge in [0.05, 0.1) is 5.69 Å². The second kappa shape index (κ2) is 10.7. The molecule has 1 aliphatic carbocycles. The van der Waals surface area contributed by atoms with Crippen LogP contribution in [0.1, 0.15) is 25.0 Å². The Morgan fingerprint density at radius 3 is 2.10 bits per heavy atom. The average molecular weight is 644 g/mol. The van der Waals surface area contributed by atoms with Crippen molar-refractivity contribution < 1.29 is 0 Å². The number of fused-ring (bicyclic) bond motifs is 10. The standard InChI is InChI=1S/C47H33NS/c1-47(2)41-19-8-6-16-36(41)38-18-11-20-42(45(38)47)48(34-15-10-14-33(28-34)30-12-4-3-5-13-30)35-26-24-31-22-23-32-25-27-39-37-17-7-9-21-43(37)49-46(39)44(32)40(31)29-35/h3-29H,1-2H3. The summed E-state index contributed by atoms with van der Waals surface area (Å²) < 4.78 is 2.69. The highest BCUT2D eigenvalue weighted by Crippen LogP contribution is 2.54. The Balaban J connectivity index is 1.27. The second-order valence-corrected chi connectivity index (χ2v) is 14.8. The van der Waals surface area contributed by atoms with Gasteiger partial charge < -0.3 is 4.90 Å². The summed E-state index contributed by atoms with van der Waals surface area (Å²) in [7, 11) is 0. The zero-order chi connectivity index (χ0) is 32.7. The molecule has 0 atom stereocenters. The summed E-state index contributed by atoms with van der Waals surface area (Å²) in [5.41, 5.74) is 11.2. The molecule has 1 aromatic heterocycles. The van der Waals surface area contributed by atoms with E-state index in [0.717, 1.165) is 11.4 Å². The first-order valence-electron chi connectivity index (χ1n) is 17.0. The van der Waals surface area contributed by atoms with Crippen LogP contribution in [-0.4, -0.2) is 0 Å². The predicted octanol–water partition coefficient (Wildman–Crippen LogP) is 13.8. The largest absolute Gasteiger partial charge is 0.310 e. The van der Waals surface area contributed by atoms with Gasteiger partial charge in [0.15, 0.2) is 0 Å². The second-order valence-electron chi connectivity index (χ2n) is 13.7. The van der Waals surface area contributed by atoms with E-state index in [1.165, 1.54) is 80.8 Å². The summed E-state index contributed by atoms with van der Waals surface area (Å²) in [6.07, 6.45) is 0. The van der Waals surface area contributed by atoms with Gasteiger partial charge in [-0.1, -0.05) is 141 Å². The smallest absolute Gasteiger partial charge is 0.0508 e. The number of nitrogens with zero attached hydrogens (tertiary/aromatic N) is 1. The SMILES string of the molecule is CC1(C)c2ccccc2-c2cccc(N(c3cccc(-c4ccccc4)c3)c3ccc4ccc5ccc6c7ccccc7sc6c5c4c3)c21. The Labute approximate surface area is 290 Å². The molecule has 0 radical (unpaired) electrons. The lowest BCUT2D eigenvalue weighted by Crippen LogP contribution is -2.20. The molecule has 2 heteroatoms. The Bertz CT molecular complexity index is 2750. The van der Waals surface area contributed by atoms with Crippen LogP contribution < -0.4 is 4.90 Å². The maximum absolute atomic E-state index is 2.50. The molecule has 1 aliphatic rings. The third kappa shape index (κ3) is 4.24. The fourth-order valence-electron chi connectivity index (χ4n) is 8.33. The van der Waals surface area contributed by atoms with E-state index in [1.54, 1.807) is 0 Å². The predicted molar refractivity (Wildman–Crippen MR) is 212 cm³/mol. The van der Waals surface area contributed by atoms with Gasteiger partial charge in [0.2, 0.25) is 0 Å². The van der Waals surface area contributed by atoms with Crippen molar-refractivity contribution >= 4 is 70.1 Å². The highest BCUT2D eigenvalue weighted by Gasteiger charge is 2.38. The van der Waals surface area contributed by atoms with Crippen LogP contribution >= 0.6 is 11.3 Å². The zero-order valence-electron chi connectivity index (χ0n) is 27.4. The summed E-state index contributed by atoms with van der Waals surface area (Å²) in [4.78, 5) is 2.50. The van der Waals surface area contributed by atoms with E-state index in [4.69, 9.17) is 0 Å². The van der Waals surface area contributed by atoms with Gasteiger partial charge in [-0.05, 0) is 85.9 Å². The summed E-state index contributed by atoms with van der Waals surface area (Å²) in [5, 5.41) is 7.81. The van der Waals surface area contributed by atoms with Crippen LogP contribution in [0.3, 0.4) is 0 Å². The van der Waals surface area contributed by atoms with Gasteiger partial charge in [-0.3, -0.25) is 0 Å². The molecule has 1 heterocycles. The van der Waals surface area contributed by atoms with Crippen molar-refractivity contribution in [2.45, 2.75) is 19.3 Å². The van der Waals surface area contributed by atoms with E-state index in [-0.39, 0.29) is 5.41 Å². The van der Waals surface area contributed by atoms with Crippen molar-refractivity contribution in [3.8, 4) is 22.3 Å². The van der Waals surface area contributed by atoms with Gasteiger partial charge in [-0.15, -0.1) is 11.3 Å². The first-order valence-corrected chi connectivity index (χ1v) is 17.8. The lowest BCUT2D eigenvalue weighted by molar-refractivity contribution is 0.661. The average Bonchev–Trinajstić information content (AvgIpc) is 3.65. The van der Waals surface area contributed by atoms with E-state index in [9.17, 15) is 0 Å². The van der Waals surface area contributed by atoms with Crippen molar-refractivity contribution in [1.29, 1.82) is 0 Å². The van der Waals surface area contributed by atoms with Gasteiger partial charge >= 0.3 is 0 Å². The Kier molecular flexibility index (Phi) is 6.16. The first-order chi connectivity index (χ1) is 24.1. The number of thiophene rings is 1. The molecule has 0 fully saturated rings. The molecule has 0 bridgehead atoms. The molecular formula is C47H33NS. The fraction of sp³-hybridized carbons (Fsp3) is 0.0638. The molecule has 0 saturated heterocycles. The number of hydrogen-bond acceptors (Lipinski definition) is 2. The van der Waals surface area contributed by atoms with Crippen molar-refractivity contribution in [2.75, 3.05) is 4.90 Å². The van der Waals surface area contributed by atoms with Crippen LogP contribution in [0.15, 0.2) is 164 Å². The lowest BCUT2D eigenvalue weighted by atomic mass is 9.81. The Morgan fingerprint density at radius 2 is 1.18 bits per heavy atom. The number of anilines is 3. The van der Waals surface area contributed by atoms with Crippen LogP contribution in [0.2, 0.25) is 0 Å². The van der Waals surface area contributed by atoms with Crippen LogP contribution in [0, 0.1) is 0 Å². The highest BCUT2D eigenvalue weighted by atomic mass is 32.1. The highest BCUT2D eigenvalue weighted by molar-refractivity contribution is 7.26. The molecular weight excluding hydrogens is 611 g/mol. The van der Waals surface area contributed by atoms with E-state index in [1.807, 2.05) is 11.3 Å². The molecule has 10 rings (SSSR count). The van der Waals surface area contributed by atoms with E-state index >= 15 is 0 Å². The molecule has 232 valence electrons. The van der Waals surface area contributed by atoms with Crippen molar-refractivity contribution in [1.82, 2.24) is 0 Å². The van der Waals surface area contributed by atoms with Gasteiger partial charge in [0, 0.05) is 42.3 Å². The Morgan fingerprint density at radius 1 is 0.490 bits per heavy atom. The molecule has 8 aromatic carbocycles. The maximum atomic E-state index is 2.50. The van der Waals surface area contributed by atoms with E-state index in [0.29, 0.717) is 0 Å². The van der Waals surface area contributed by atoms with E-state index in [2.05, 4.69) is 183 Å². The van der Waals surface area contributed by atoms with Crippen LogP contribution in [0.25, 0.3) is 64.0 Å². The quantitative estimate of drug-likeness (QED) is 0.173. The first kappa shape index (κ1) is 28.3. The number of rotatable bonds is 4. The van der Waals surface area contributed by atoms with Crippen molar-refractivity contribution in [2.24, 2.45) is 0 Å². The molecule has 0 amide bonds. The Hall–Kier alpha value is -5.70. The lowest BCUT2D eigenvalue weighted by Gasteiger charge is -2.32. The van der Waals surface area contributed by atoms with Gasteiger partial charge in [0.25, 0.3) is 0 Å². The molecule has 1 nitrogen and oxygen atoms in total. The molecule has 49 heavy (non-hydrogen) atoms. The molecule has 0 saturated carbocycles. The summed E-state index contributed by atoms with van der Waals surface area (Å²) in [6.45, 7) is 4.76. The van der Waals surface area contributed by atoms with Crippen LogP contribution in [-0.2, 0) is 5.41 Å². The third-order valence-electron chi connectivity index (χ3n) is 10.6. The van der Waals surface area contributed by atoms with Crippen molar-refractivity contribution in [3.63, 3.8) is 0 Å². The monoisotopic (exact) mass is 643 g/mol. The van der Waals surface area contributed by atoms with Gasteiger partial charge in [0.1, 0.15) is 0 Å². The summed E-state index contributed by atoms with van der Waals surface area (Å²) in [6, 6.07) is 60.6. The molecule has 0 unspecified atom stereocenters. The molecule has 0 aliphatic heterocycles. The zero-order valence-corrected chi connectivity index (χ0v) is 28.3. The summed E-state index contributed by atoms with van der Waals surface area (Å²) >= 11 is 1.91. The maximum Gasteiger partial charge on any atom is 0.0508 e. The topological polar surface area (TPSA) is 3.24 Å². The van der Waals surface area contributed by atoms with Crippen LogP contribution in [0.5, 0.6) is 0 Å². The normalized spacial score (nSPS) is 13.3. The minimum Gasteiger partial charge on any atom is -0.310 e. The number of benzene rings is 8. The van der Waals surface area contributed by atoms with Gasteiger partial charge in [-0.2, -0.15) is 0 Å². The summed E-state index contributed by atoms with van der Waals surface area (Å²) in [5.74, 6) is 0. The molecule has 0 N–H and O–H groups in total. The molecule has 9 aromatic rings. The van der Waals surface area contributed by atoms with Crippen molar-refractivity contribution in [3.05, 3.63) is 175 Å². The van der Waals surface area contributed by atoms with E-state index < -0.39 is 0 Å².